The molecule has 0 saturated carbocycles. The summed E-state index contributed by atoms with van der Waals surface area (Å²) < 4.78 is 6.40. The van der Waals surface area contributed by atoms with Crippen LogP contribution in [0.5, 0.6) is 5.75 Å². The molecule has 148 valence electrons. The van der Waals surface area contributed by atoms with Gasteiger partial charge in [0.2, 0.25) is 0 Å². The van der Waals surface area contributed by atoms with E-state index in [1.54, 1.807) is 12.4 Å². The Labute approximate surface area is 177 Å². The Hall–Kier alpha value is -3.86. The first-order chi connectivity index (χ1) is 15.1. The first-order valence-corrected chi connectivity index (χ1v) is 10.5. The average Bonchev–Trinajstić information content (AvgIpc) is 3.14. The molecule has 3 aromatic heterocycles. The van der Waals surface area contributed by atoms with Crippen LogP contribution in [0.1, 0.15) is 19.4 Å². The van der Waals surface area contributed by atoms with Gasteiger partial charge in [0.05, 0.1) is 33.1 Å². The molecule has 0 radical (unpaired) electrons. The van der Waals surface area contributed by atoms with Gasteiger partial charge in [-0.3, -0.25) is 9.97 Å². The standard InChI is InChI=1S/C26H18N4O/c1-26(2)13-18-24-21(14-7-3-4-8-15(14)25(18)31-26)29-22-16-9-5-11-27-19(16)20-17(23(22)30-24)10-6-12-28-20/h3-12H,13H2,1-2H3. The Kier molecular flexibility index (Phi) is 3.07. The van der Waals surface area contributed by atoms with Crippen molar-refractivity contribution in [2.24, 2.45) is 0 Å². The van der Waals surface area contributed by atoms with Crippen LogP contribution in [0.15, 0.2) is 60.9 Å². The molecular formula is C26H18N4O. The maximum atomic E-state index is 6.40. The Morgan fingerprint density at radius 1 is 0.645 bits per heavy atom. The summed E-state index contributed by atoms with van der Waals surface area (Å²) in [5.41, 5.74) is 6.13. The number of rotatable bonds is 0. The molecule has 0 spiro atoms. The number of fused-ring (bicyclic) bond motifs is 12. The second-order valence-corrected chi connectivity index (χ2v) is 8.81. The predicted octanol–water partition coefficient (Wildman–Crippen LogP) is 5.75. The van der Waals surface area contributed by atoms with Gasteiger partial charge in [0.25, 0.3) is 0 Å². The van der Waals surface area contributed by atoms with Crippen LogP contribution in [0.2, 0.25) is 0 Å². The number of nitrogens with zero attached hydrogens (tertiary/aromatic N) is 4. The van der Waals surface area contributed by atoms with E-state index in [1.165, 1.54) is 0 Å². The Bertz CT molecular complexity index is 1720. The third-order valence-corrected chi connectivity index (χ3v) is 6.21. The summed E-state index contributed by atoms with van der Waals surface area (Å²) in [7, 11) is 0. The second kappa shape index (κ2) is 5.64. The summed E-state index contributed by atoms with van der Waals surface area (Å²) >= 11 is 0. The van der Waals surface area contributed by atoms with E-state index >= 15 is 0 Å². The Morgan fingerprint density at radius 2 is 1.19 bits per heavy atom. The van der Waals surface area contributed by atoms with Crippen molar-refractivity contribution < 1.29 is 4.74 Å². The minimum absolute atomic E-state index is 0.271. The molecule has 7 rings (SSSR count). The van der Waals surface area contributed by atoms with Crippen LogP contribution in [0.3, 0.4) is 0 Å². The van der Waals surface area contributed by atoms with Crippen molar-refractivity contribution in [1.29, 1.82) is 0 Å². The topological polar surface area (TPSA) is 60.8 Å². The van der Waals surface area contributed by atoms with E-state index in [0.29, 0.717) is 0 Å². The van der Waals surface area contributed by atoms with Gasteiger partial charge in [-0.2, -0.15) is 0 Å². The lowest BCUT2D eigenvalue weighted by Crippen LogP contribution is -2.24. The fourth-order valence-electron chi connectivity index (χ4n) is 4.96. The highest BCUT2D eigenvalue weighted by Crippen LogP contribution is 2.45. The normalized spacial score (nSPS) is 15.2. The Morgan fingerprint density at radius 3 is 1.87 bits per heavy atom. The summed E-state index contributed by atoms with van der Waals surface area (Å²) in [6.07, 6.45) is 4.41. The third kappa shape index (κ3) is 2.20. The van der Waals surface area contributed by atoms with Gasteiger partial charge in [-0.05, 0) is 38.1 Å². The number of hydrogen-bond acceptors (Lipinski definition) is 5. The predicted molar refractivity (Wildman–Crippen MR) is 124 cm³/mol. The molecule has 6 aromatic rings. The third-order valence-electron chi connectivity index (χ3n) is 6.21. The smallest absolute Gasteiger partial charge is 0.133 e. The maximum absolute atomic E-state index is 6.40. The number of benzene rings is 3. The van der Waals surface area contributed by atoms with Crippen LogP contribution >= 0.6 is 0 Å². The molecule has 0 amide bonds. The lowest BCUT2D eigenvalue weighted by Gasteiger charge is -2.17. The van der Waals surface area contributed by atoms with E-state index in [0.717, 1.165) is 72.4 Å². The molecule has 3 aromatic carbocycles. The van der Waals surface area contributed by atoms with E-state index in [4.69, 9.17) is 14.7 Å². The van der Waals surface area contributed by atoms with Gasteiger partial charge in [0.1, 0.15) is 11.4 Å². The molecule has 4 heterocycles. The molecule has 5 heteroatoms. The number of ether oxygens (including phenoxy) is 1. The van der Waals surface area contributed by atoms with Gasteiger partial charge in [-0.1, -0.05) is 24.3 Å². The number of pyridine rings is 2. The second-order valence-electron chi connectivity index (χ2n) is 8.81. The quantitative estimate of drug-likeness (QED) is 0.239. The molecule has 0 unspecified atom stereocenters. The zero-order valence-electron chi connectivity index (χ0n) is 17.2. The van der Waals surface area contributed by atoms with E-state index in [-0.39, 0.29) is 5.60 Å². The largest absolute Gasteiger partial charge is 0.486 e. The highest BCUT2D eigenvalue weighted by atomic mass is 16.5. The van der Waals surface area contributed by atoms with Gasteiger partial charge in [0.15, 0.2) is 0 Å². The van der Waals surface area contributed by atoms with Crippen molar-refractivity contribution in [3.63, 3.8) is 0 Å². The summed E-state index contributed by atoms with van der Waals surface area (Å²) in [6.45, 7) is 4.25. The zero-order valence-corrected chi connectivity index (χ0v) is 17.2. The number of aromatic nitrogens is 4. The van der Waals surface area contributed by atoms with Gasteiger partial charge in [-0.25, -0.2) is 9.97 Å². The fourth-order valence-corrected chi connectivity index (χ4v) is 4.96. The molecule has 31 heavy (non-hydrogen) atoms. The molecule has 0 N–H and O–H groups in total. The highest BCUT2D eigenvalue weighted by molar-refractivity contribution is 6.22. The Balaban J connectivity index is 1.78. The lowest BCUT2D eigenvalue weighted by atomic mass is 9.96. The van der Waals surface area contributed by atoms with Crippen molar-refractivity contribution in [2.75, 3.05) is 0 Å². The summed E-state index contributed by atoms with van der Waals surface area (Å²) in [6, 6.07) is 16.3. The first-order valence-electron chi connectivity index (χ1n) is 10.5. The van der Waals surface area contributed by atoms with Crippen molar-refractivity contribution in [3.05, 3.63) is 66.5 Å². The van der Waals surface area contributed by atoms with Crippen molar-refractivity contribution >= 4 is 54.6 Å². The van der Waals surface area contributed by atoms with Crippen LogP contribution in [-0.4, -0.2) is 25.5 Å². The fraction of sp³-hybridized carbons (Fsp3) is 0.154. The molecule has 1 aliphatic rings. The first kappa shape index (κ1) is 16.9. The van der Waals surface area contributed by atoms with Gasteiger partial charge >= 0.3 is 0 Å². The van der Waals surface area contributed by atoms with Gasteiger partial charge < -0.3 is 4.74 Å². The van der Waals surface area contributed by atoms with Crippen LogP contribution < -0.4 is 4.74 Å². The molecule has 0 atom stereocenters. The van der Waals surface area contributed by atoms with Crippen LogP contribution in [-0.2, 0) is 6.42 Å². The van der Waals surface area contributed by atoms with Gasteiger partial charge in [-0.15, -0.1) is 0 Å². The summed E-state index contributed by atoms with van der Waals surface area (Å²) in [5.74, 6) is 0.937. The van der Waals surface area contributed by atoms with E-state index in [9.17, 15) is 0 Å². The SMILES string of the molecule is CC1(C)Cc2c(c3ccccc3c3nc4c5cccnc5c5ncccc5c4nc23)O1. The molecule has 5 nitrogen and oxygen atoms in total. The molecular weight excluding hydrogens is 384 g/mol. The molecule has 1 aliphatic heterocycles. The van der Waals surface area contributed by atoms with Crippen LogP contribution in [0, 0.1) is 0 Å². The highest BCUT2D eigenvalue weighted by Gasteiger charge is 2.34. The van der Waals surface area contributed by atoms with E-state index in [1.807, 2.05) is 18.2 Å². The maximum Gasteiger partial charge on any atom is 0.133 e. The summed E-state index contributed by atoms with van der Waals surface area (Å²) in [5, 5.41) is 4.10. The van der Waals surface area contributed by atoms with Crippen LogP contribution in [0.4, 0.5) is 0 Å². The van der Waals surface area contributed by atoms with Crippen molar-refractivity contribution in [1.82, 2.24) is 19.9 Å². The van der Waals surface area contributed by atoms with Crippen molar-refractivity contribution in [3.8, 4) is 5.75 Å². The number of hydrogen-bond donors (Lipinski definition) is 0. The minimum Gasteiger partial charge on any atom is -0.486 e. The monoisotopic (exact) mass is 402 g/mol. The van der Waals surface area contributed by atoms with Gasteiger partial charge in [0, 0.05) is 45.9 Å². The summed E-state index contributed by atoms with van der Waals surface area (Å²) in [4.78, 5) is 19.7. The van der Waals surface area contributed by atoms with E-state index < -0.39 is 0 Å². The van der Waals surface area contributed by atoms with Crippen LogP contribution in [0.25, 0.3) is 54.6 Å². The molecule has 0 saturated heterocycles. The average molecular weight is 402 g/mol. The molecule has 0 aliphatic carbocycles. The van der Waals surface area contributed by atoms with E-state index in [2.05, 4.69) is 54.1 Å². The molecule has 0 fully saturated rings. The lowest BCUT2D eigenvalue weighted by molar-refractivity contribution is 0.140. The van der Waals surface area contributed by atoms with Crippen molar-refractivity contribution in [2.45, 2.75) is 25.9 Å². The zero-order chi connectivity index (χ0) is 20.7. The molecule has 0 bridgehead atoms. The minimum atomic E-state index is -0.271.